The lowest BCUT2D eigenvalue weighted by atomic mass is 10.1. The molecule has 2 rings (SSSR count). The maximum atomic E-state index is 4.33. The first-order valence-electron chi connectivity index (χ1n) is 7.72. The average molecular weight is 421 g/mol. The van der Waals surface area contributed by atoms with Crippen LogP contribution in [0.15, 0.2) is 22.5 Å². The zero-order chi connectivity index (χ0) is 14.4. The Hall–Kier alpha value is -0.300. The molecule has 21 heavy (non-hydrogen) atoms. The predicted octanol–water partition coefficient (Wildman–Crippen LogP) is 3.90. The summed E-state index contributed by atoms with van der Waals surface area (Å²) in [5.41, 5.74) is 0. The first-order valence-corrected chi connectivity index (χ1v) is 8.60. The van der Waals surface area contributed by atoms with Crippen molar-refractivity contribution in [1.29, 1.82) is 0 Å². The number of hydrogen-bond acceptors (Lipinski definition) is 2. The molecule has 0 aromatic carbocycles. The Balaban J connectivity index is 0.00000220. The Bertz CT molecular complexity index is 419. The number of thiophene rings is 1. The molecule has 2 N–H and O–H groups in total. The summed E-state index contributed by atoms with van der Waals surface area (Å²) < 4.78 is 0. The van der Waals surface area contributed by atoms with Crippen LogP contribution in [0.25, 0.3) is 0 Å². The molecule has 0 bridgehead atoms. The van der Waals surface area contributed by atoms with E-state index in [2.05, 4.69) is 47.0 Å². The zero-order valence-electron chi connectivity index (χ0n) is 13.3. The van der Waals surface area contributed by atoms with Crippen molar-refractivity contribution in [3.63, 3.8) is 0 Å². The quantitative estimate of drug-likeness (QED) is 0.398. The summed E-state index contributed by atoms with van der Waals surface area (Å²) >= 11 is 1.84. The summed E-state index contributed by atoms with van der Waals surface area (Å²) in [6.07, 6.45) is 5.07. The number of nitrogens with one attached hydrogen (secondary N) is 2. The second-order valence-electron chi connectivity index (χ2n) is 5.88. The van der Waals surface area contributed by atoms with Gasteiger partial charge in [0.1, 0.15) is 0 Å². The molecule has 0 radical (unpaired) electrons. The summed E-state index contributed by atoms with van der Waals surface area (Å²) in [6.45, 7) is 5.52. The minimum Gasteiger partial charge on any atom is -0.356 e. The maximum absolute atomic E-state index is 4.33. The summed E-state index contributed by atoms with van der Waals surface area (Å²) in [4.78, 5) is 5.79. The van der Waals surface area contributed by atoms with Gasteiger partial charge in [0.25, 0.3) is 0 Å². The van der Waals surface area contributed by atoms with Crippen LogP contribution in [0.1, 0.15) is 38.0 Å². The molecule has 3 atom stereocenters. The minimum atomic E-state index is 0. The van der Waals surface area contributed by atoms with E-state index in [1.807, 2.05) is 18.4 Å². The van der Waals surface area contributed by atoms with Crippen LogP contribution in [0.3, 0.4) is 0 Å². The number of nitrogens with zero attached hydrogens (tertiary/aromatic N) is 1. The molecule has 1 aliphatic carbocycles. The third kappa shape index (κ3) is 6.55. The van der Waals surface area contributed by atoms with Crippen molar-refractivity contribution in [2.75, 3.05) is 13.6 Å². The normalized spacial score (nSPS) is 22.3. The van der Waals surface area contributed by atoms with Crippen LogP contribution < -0.4 is 10.6 Å². The molecule has 1 aliphatic rings. The molecule has 3 unspecified atom stereocenters. The molecule has 1 aromatic rings. The van der Waals surface area contributed by atoms with Gasteiger partial charge in [-0.15, -0.1) is 35.3 Å². The van der Waals surface area contributed by atoms with Gasteiger partial charge in [-0.1, -0.05) is 26.3 Å². The Morgan fingerprint density at radius 1 is 1.52 bits per heavy atom. The van der Waals surface area contributed by atoms with Crippen molar-refractivity contribution in [3.8, 4) is 0 Å². The standard InChI is InChI=1S/C16H27N3S.HI/c1-4-6-13-10-15(13)19-16(17-3)18-11-12(2)9-14-7-5-8-20-14;/h5,7-8,12-13,15H,4,6,9-11H2,1-3H3,(H2,17,18,19);1H. The molecule has 5 heteroatoms. The molecule has 1 fully saturated rings. The van der Waals surface area contributed by atoms with Gasteiger partial charge in [0.05, 0.1) is 0 Å². The van der Waals surface area contributed by atoms with Gasteiger partial charge in [-0.25, -0.2) is 0 Å². The van der Waals surface area contributed by atoms with E-state index in [1.54, 1.807) is 0 Å². The minimum absolute atomic E-state index is 0. The predicted molar refractivity (Wildman–Crippen MR) is 104 cm³/mol. The maximum Gasteiger partial charge on any atom is 0.191 e. The van der Waals surface area contributed by atoms with E-state index in [9.17, 15) is 0 Å². The molecule has 1 saturated carbocycles. The summed E-state index contributed by atoms with van der Waals surface area (Å²) in [5.74, 6) is 2.45. The molecule has 1 aromatic heterocycles. The molecule has 120 valence electrons. The van der Waals surface area contributed by atoms with Gasteiger partial charge in [-0.3, -0.25) is 4.99 Å². The van der Waals surface area contributed by atoms with Gasteiger partial charge in [0, 0.05) is 24.5 Å². The third-order valence-electron chi connectivity index (χ3n) is 3.88. The number of hydrogen-bond donors (Lipinski definition) is 2. The molecule has 0 spiro atoms. The number of rotatable bonds is 7. The molecule has 3 nitrogen and oxygen atoms in total. The Morgan fingerprint density at radius 2 is 2.33 bits per heavy atom. The van der Waals surface area contributed by atoms with Gasteiger partial charge in [0.2, 0.25) is 0 Å². The van der Waals surface area contributed by atoms with Crippen molar-refractivity contribution in [1.82, 2.24) is 10.6 Å². The average Bonchev–Trinajstić information content (AvgIpc) is 2.95. The van der Waals surface area contributed by atoms with Crippen LogP contribution in [0.5, 0.6) is 0 Å². The lowest BCUT2D eigenvalue weighted by Gasteiger charge is -2.15. The SMILES string of the molecule is CCCC1CC1NC(=NC)NCC(C)Cc1cccs1.I. The van der Waals surface area contributed by atoms with Crippen LogP contribution in [-0.2, 0) is 6.42 Å². The molecule has 1 heterocycles. The second-order valence-corrected chi connectivity index (χ2v) is 6.91. The zero-order valence-corrected chi connectivity index (χ0v) is 16.4. The smallest absolute Gasteiger partial charge is 0.191 e. The molecule has 0 saturated heterocycles. The van der Waals surface area contributed by atoms with E-state index in [1.165, 1.54) is 24.1 Å². The monoisotopic (exact) mass is 421 g/mol. The number of guanidine groups is 1. The van der Waals surface area contributed by atoms with Crippen LogP contribution in [0, 0.1) is 11.8 Å². The highest BCUT2D eigenvalue weighted by atomic mass is 127. The highest BCUT2D eigenvalue weighted by Gasteiger charge is 2.36. The van der Waals surface area contributed by atoms with Crippen molar-refractivity contribution in [3.05, 3.63) is 22.4 Å². The van der Waals surface area contributed by atoms with E-state index in [0.717, 1.165) is 24.8 Å². The Kier molecular flexibility index (Phi) is 8.63. The number of halogens is 1. The molecular weight excluding hydrogens is 393 g/mol. The van der Waals surface area contributed by atoms with Crippen molar-refractivity contribution in [2.24, 2.45) is 16.8 Å². The topological polar surface area (TPSA) is 36.4 Å². The van der Waals surface area contributed by atoms with E-state index in [-0.39, 0.29) is 24.0 Å². The van der Waals surface area contributed by atoms with Gasteiger partial charge in [-0.2, -0.15) is 0 Å². The van der Waals surface area contributed by atoms with Crippen molar-refractivity contribution in [2.45, 2.75) is 45.6 Å². The lowest BCUT2D eigenvalue weighted by molar-refractivity contribution is 0.559. The van der Waals surface area contributed by atoms with E-state index >= 15 is 0 Å². The van der Waals surface area contributed by atoms with Crippen LogP contribution in [0.4, 0.5) is 0 Å². The van der Waals surface area contributed by atoms with Crippen LogP contribution in [-0.4, -0.2) is 25.6 Å². The van der Waals surface area contributed by atoms with Gasteiger partial charge < -0.3 is 10.6 Å². The fourth-order valence-electron chi connectivity index (χ4n) is 2.60. The Morgan fingerprint density at radius 3 is 2.95 bits per heavy atom. The van der Waals surface area contributed by atoms with Crippen molar-refractivity contribution < 1.29 is 0 Å². The highest BCUT2D eigenvalue weighted by molar-refractivity contribution is 14.0. The highest BCUT2D eigenvalue weighted by Crippen LogP contribution is 2.34. The first kappa shape index (κ1) is 18.7. The fraction of sp³-hybridized carbons (Fsp3) is 0.688. The largest absolute Gasteiger partial charge is 0.356 e. The Labute approximate surface area is 150 Å². The van der Waals surface area contributed by atoms with Gasteiger partial charge >= 0.3 is 0 Å². The van der Waals surface area contributed by atoms with Gasteiger partial charge in [0.15, 0.2) is 5.96 Å². The van der Waals surface area contributed by atoms with E-state index in [0.29, 0.717) is 12.0 Å². The van der Waals surface area contributed by atoms with E-state index in [4.69, 9.17) is 0 Å². The number of aliphatic imine (C=N–C) groups is 1. The summed E-state index contributed by atoms with van der Waals surface area (Å²) in [6, 6.07) is 4.99. The molecule has 0 aliphatic heterocycles. The van der Waals surface area contributed by atoms with Crippen molar-refractivity contribution >= 4 is 41.3 Å². The summed E-state index contributed by atoms with van der Waals surface area (Å²) in [5, 5.41) is 9.14. The lowest BCUT2D eigenvalue weighted by Crippen LogP contribution is -2.41. The summed E-state index contributed by atoms with van der Waals surface area (Å²) in [7, 11) is 1.86. The fourth-order valence-corrected chi connectivity index (χ4v) is 3.47. The van der Waals surface area contributed by atoms with Gasteiger partial charge in [-0.05, 0) is 42.5 Å². The van der Waals surface area contributed by atoms with Crippen LogP contribution >= 0.6 is 35.3 Å². The molecular formula is C16H28IN3S. The third-order valence-corrected chi connectivity index (χ3v) is 4.77. The molecule has 0 amide bonds. The first-order chi connectivity index (χ1) is 9.72. The van der Waals surface area contributed by atoms with E-state index < -0.39 is 0 Å². The van der Waals surface area contributed by atoms with Crippen LogP contribution in [0.2, 0.25) is 0 Å². The second kappa shape index (κ2) is 9.66.